The zero-order chi connectivity index (χ0) is 19.1. The third kappa shape index (κ3) is 5.82. The summed E-state index contributed by atoms with van der Waals surface area (Å²) in [6.07, 6.45) is 3.11. The Kier molecular flexibility index (Phi) is 6.86. The summed E-state index contributed by atoms with van der Waals surface area (Å²) in [5.74, 6) is 0.823. The predicted molar refractivity (Wildman–Crippen MR) is 103 cm³/mol. The lowest BCUT2D eigenvalue weighted by atomic mass is 10.2. The number of benzene rings is 1. The molecule has 1 saturated carbocycles. The first kappa shape index (κ1) is 19.4. The summed E-state index contributed by atoms with van der Waals surface area (Å²) in [5, 5.41) is 12.0. The van der Waals surface area contributed by atoms with Crippen molar-refractivity contribution in [3.8, 4) is 0 Å². The molecule has 0 atom stereocenters. The molecule has 0 radical (unpaired) electrons. The molecule has 1 aromatic carbocycles. The Labute approximate surface area is 162 Å². The van der Waals surface area contributed by atoms with Gasteiger partial charge >= 0.3 is 5.97 Å². The number of rotatable bonds is 10. The zero-order valence-electron chi connectivity index (χ0n) is 15.4. The second-order valence-corrected chi connectivity index (χ2v) is 7.43. The van der Waals surface area contributed by atoms with E-state index in [1.54, 1.807) is 0 Å². The molecule has 1 heterocycles. The van der Waals surface area contributed by atoms with Gasteiger partial charge in [-0.05, 0) is 24.8 Å². The van der Waals surface area contributed by atoms with E-state index in [9.17, 15) is 9.59 Å². The van der Waals surface area contributed by atoms with Gasteiger partial charge in [0.25, 0.3) is 5.91 Å². The molecule has 0 aliphatic heterocycles. The highest BCUT2D eigenvalue weighted by Crippen LogP contribution is 2.40. The normalized spacial score (nSPS) is 13.4. The lowest BCUT2D eigenvalue weighted by Crippen LogP contribution is -2.29. The van der Waals surface area contributed by atoms with Crippen LogP contribution < -0.4 is 5.32 Å². The number of hydrogen-bond donors (Lipinski definition) is 1. The van der Waals surface area contributed by atoms with Crippen LogP contribution in [0.5, 0.6) is 0 Å². The van der Waals surface area contributed by atoms with Crippen molar-refractivity contribution in [2.45, 2.75) is 43.8 Å². The lowest BCUT2D eigenvalue weighted by molar-refractivity contribution is -0.145. The maximum absolute atomic E-state index is 11.9. The third-order valence-corrected chi connectivity index (χ3v) is 5.07. The van der Waals surface area contributed by atoms with E-state index in [2.05, 4.69) is 32.2 Å². The standard InChI is InChI=1S/C19H24N4O3S/c1-2-10-20-16(24)12-26-17(25)13-27-19-22-21-18(15-8-9-15)23(19)11-14-6-4-3-5-7-14/h3-7,15H,2,8-13H2,1H3,(H,20,24). The molecule has 1 N–H and O–H groups in total. The van der Waals surface area contributed by atoms with Gasteiger partial charge in [0, 0.05) is 12.5 Å². The van der Waals surface area contributed by atoms with Crippen LogP contribution in [0, 0.1) is 0 Å². The van der Waals surface area contributed by atoms with Crippen LogP contribution in [0.4, 0.5) is 0 Å². The van der Waals surface area contributed by atoms with Gasteiger partial charge in [0.2, 0.25) is 0 Å². The number of nitrogens with one attached hydrogen (secondary N) is 1. The van der Waals surface area contributed by atoms with Crippen LogP contribution in [0.15, 0.2) is 35.5 Å². The molecule has 1 aliphatic rings. The summed E-state index contributed by atoms with van der Waals surface area (Å²) in [5.41, 5.74) is 1.16. The van der Waals surface area contributed by atoms with Gasteiger partial charge in [0.05, 0.1) is 12.3 Å². The molecule has 0 spiro atoms. The number of aromatic nitrogens is 3. The molecule has 3 rings (SSSR count). The number of ether oxygens (including phenoxy) is 1. The summed E-state index contributed by atoms with van der Waals surface area (Å²) < 4.78 is 7.10. The topological polar surface area (TPSA) is 86.1 Å². The first-order valence-corrected chi connectivity index (χ1v) is 10.2. The average molecular weight is 388 g/mol. The van der Waals surface area contributed by atoms with Crippen molar-refractivity contribution in [3.63, 3.8) is 0 Å². The number of hydrogen-bond acceptors (Lipinski definition) is 6. The van der Waals surface area contributed by atoms with E-state index in [-0.39, 0.29) is 18.3 Å². The van der Waals surface area contributed by atoms with Crippen molar-refractivity contribution in [2.24, 2.45) is 0 Å². The number of nitrogens with zero attached hydrogens (tertiary/aromatic N) is 3. The summed E-state index contributed by atoms with van der Waals surface area (Å²) in [4.78, 5) is 23.4. The smallest absolute Gasteiger partial charge is 0.316 e. The van der Waals surface area contributed by atoms with Crippen LogP contribution in [-0.4, -0.2) is 45.5 Å². The monoisotopic (exact) mass is 388 g/mol. The van der Waals surface area contributed by atoms with Gasteiger partial charge in [-0.3, -0.25) is 9.59 Å². The van der Waals surface area contributed by atoms with E-state index < -0.39 is 5.97 Å². The van der Waals surface area contributed by atoms with E-state index >= 15 is 0 Å². The van der Waals surface area contributed by atoms with E-state index in [4.69, 9.17) is 4.74 Å². The Bertz CT molecular complexity index is 775. The Morgan fingerprint density at radius 1 is 1.26 bits per heavy atom. The van der Waals surface area contributed by atoms with Crippen LogP contribution >= 0.6 is 11.8 Å². The quantitative estimate of drug-likeness (QED) is 0.497. The summed E-state index contributed by atoms with van der Waals surface area (Å²) >= 11 is 1.29. The minimum absolute atomic E-state index is 0.0959. The van der Waals surface area contributed by atoms with Crippen LogP contribution in [0.25, 0.3) is 0 Å². The second-order valence-electron chi connectivity index (χ2n) is 6.49. The molecule has 0 saturated heterocycles. The Morgan fingerprint density at radius 2 is 2.04 bits per heavy atom. The maximum atomic E-state index is 11.9. The Balaban J connectivity index is 1.56. The number of carbonyl (C=O) groups excluding carboxylic acids is 2. The molecule has 1 aliphatic carbocycles. The van der Waals surface area contributed by atoms with E-state index in [0.717, 1.165) is 30.7 Å². The number of amides is 1. The van der Waals surface area contributed by atoms with Crippen LogP contribution in [0.1, 0.15) is 43.5 Å². The fraction of sp³-hybridized carbons (Fsp3) is 0.474. The molecular formula is C19H24N4O3S. The van der Waals surface area contributed by atoms with Gasteiger partial charge < -0.3 is 14.6 Å². The fourth-order valence-electron chi connectivity index (χ4n) is 2.59. The first-order valence-electron chi connectivity index (χ1n) is 9.19. The maximum Gasteiger partial charge on any atom is 0.316 e. The molecule has 8 heteroatoms. The van der Waals surface area contributed by atoms with Gasteiger partial charge in [-0.25, -0.2) is 0 Å². The fourth-order valence-corrected chi connectivity index (χ4v) is 3.33. The van der Waals surface area contributed by atoms with Crippen molar-refractivity contribution in [1.29, 1.82) is 0 Å². The van der Waals surface area contributed by atoms with Gasteiger partial charge in [-0.2, -0.15) is 0 Å². The number of thioether (sulfide) groups is 1. The van der Waals surface area contributed by atoms with E-state index in [1.165, 1.54) is 11.8 Å². The minimum Gasteiger partial charge on any atom is -0.455 e. The first-order chi connectivity index (χ1) is 13.2. The summed E-state index contributed by atoms with van der Waals surface area (Å²) in [6, 6.07) is 10.1. The number of carbonyl (C=O) groups is 2. The highest BCUT2D eigenvalue weighted by Gasteiger charge is 2.30. The van der Waals surface area contributed by atoms with Crippen molar-refractivity contribution in [2.75, 3.05) is 18.9 Å². The molecule has 144 valence electrons. The molecule has 27 heavy (non-hydrogen) atoms. The van der Waals surface area contributed by atoms with Gasteiger partial charge in [0.15, 0.2) is 11.8 Å². The lowest BCUT2D eigenvalue weighted by Gasteiger charge is -2.10. The highest BCUT2D eigenvalue weighted by atomic mass is 32.2. The second kappa shape index (κ2) is 9.55. The molecule has 1 fully saturated rings. The molecular weight excluding hydrogens is 364 g/mol. The Morgan fingerprint density at radius 3 is 2.74 bits per heavy atom. The van der Waals surface area contributed by atoms with E-state index in [0.29, 0.717) is 24.2 Å². The molecule has 0 bridgehead atoms. The Hall–Kier alpha value is -2.35. The number of esters is 1. The summed E-state index contributed by atoms with van der Waals surface area (Å²) in [6.45, 7) is 2.97. The molecule has 0 unspecified atom stereocenters. The van der Waals surface area contributed by atoms with Crippen molar-refractivity contribution < 1.29 is 14.3 Å². The van der Waals surface area contributed by atoms with Crippen molar-refractivity contribution in [3.05, 3.63) is 41.7 Å². The summed E-state index contributed by atoms with van der Waals surface area (Å²) in [7, 11) is 0. The third-order valence-electron chi connectivity index (χ3n) is 4.13. The zero-order valence-corrected chi connectivity index (χ0v) is 16.2. The molecule has 1 aromatic heterocycles. The largest absolute Gasteiger partial charge is 0.455 e. The SMILES string of the molecule is CCCNC(=O)COC(=O)CSc1nnc(C2CC2)n1Cc1ccccc1. The predicted octanol–water partition coefficient (Wildman–Crippen LogP) is 2.37. The van der Waals surface area contributed by atoms with Crippen LogP contribution in [0.3, 0.4) is 0 Å². The van der Waals surface area contributed by atoms with Crippen molar-refractivity contribution in [1.82, 2.24) is 20.1 Å². The molecule has 1 amide bonds. The average Bonchev–Trinajstić information content (AvgIpc) is 3.46. The van der Waals surface area contributed by atoms with Gasteiger partial charge in [-0.15, -0.1) is 10.2 Å². The van der Waals surface area contributed by atoms with E-state index in [1.807, 2.05) is 25.1 Å². The van der Waals surface area contributed by atoms with Crippen molar-refractivity contribution >= 4 is 23.6 Å². The minimum atomic E-state index is -0.436. The van der Waals surface area contributed by atoms with Crippen LogP contribution in [0.2, 0.25) is 0 Å². The molecule has 2 aromatic rings. The van der Waals surface area contributed by atoms with Gasteiger partial charge in [-0.1, -0.05) is 49.0 Å². The highest BCUT2D eigenvalue weighted by molar-refractivity contribution is 7.99. The van der Waals surface area contributed by atoms with Gasteiger partial charge in [0.1, 0.15) is 5.82 Å². The van der Waals surface area contributed by atoms with Crippen LogP contribution in [-0.2, 0) is 20.9 Å². The molecule has 7 nitrogen and oxygen atoms in total.